The van der Waals surface area contributed by atoms with Crippen molar-refractivity contribution in [1.82, 2.24) is 0 Å². The van der Waals surface area contributed by atoms with Crippen molar-refractivity contribution in [1.29, 1.82) is 0 Å². The Hall–Kier alpha value is 1.21. The predicted octanol–water partition coefficient (Wildman–Crippen LogP) is 4.63. The molecule has 0 unspecified atom stereocenters. The van der Waals surface area contributed by atoms with E-state index in [1.165, 1.54) is 22.0 Å². The number of halogens is 3. The molecule has 1 aromatic carbocycles. The van der Waals surface area contributed by atoms with Crippen molar-refractivity contribution < 1.29 is 0 Å². The summed E-state index contributed by atoms with van der Waals surface area (Å²) in [6.07, 6.45) is 0. The molecule has 0 aliphatic rings. The summed E-state index contributed by atoms with van der Waals surface area (Å²) < 4.78 is 3.98. The van der Waals surface area contributed by atoms with Gasteiger partial charge >= 0.3 is 0 Å². The van der Waals surface area contributed by atoms with Crippen molar-refractivity contribution in [3.63, 3.8) is 0 Å². The van der Waals surface area contributed by atoms with Crippen molar-refractivity contribution in [2.24, 2.45) is 0 Å². The van der Waals surface area contributed by atoms with E-state index in [1.807, 2.05) is 0 Å². The molecular weight excluding hydrogens is 515 g/mol. The third-order valence-electron chi connectivity index (χ3n) is 1.83. The molecule has 0 aliphatic carbocycles. The summed E-state index contributed by atoms with van der Waals surface area (Å²) in [4.78, 5) is 0. The molecule has 0 radical (unpaired) electrons. The average molecular weight is 527 g/mol. The third-order valence-corrected chi connectivity index (χ3v) is 5.15. The highest BCUT2D eigenvalue weighted by Crippen LogP contribution is 2.31. The van der Waals surface area contributed by atoms with E-state index in [0.29, 0.717) is 6.04 Å². The molecule has 78 valence electrons. The van der Waals surface area contributed by atoms with E-state index in [-0.39, 0.29) is 0 Å². The zero-order valence-electron chi connectivity index (χ0n) is 8.29. The van der Waals surface area contributed by atoms with Gasteiger partial charge in [-0.1, -0.05) is 0 Å². The van der Waals surface area contributed by atoms with Gasteiger partial charge < -0.3 is 5.32 Å². The molecule has 0 fully saturated rings. The highest BCUT2D eigenvalue weighted by molar-refractivity contribution is 14.1. The second kappa shape index (κ2) is 5.51. The Labute approximate surface area is 126 Å². The summed E-state index contributed by atoms with van der Waals surface area (Å²) in [6.45, 7) is 6.50. The maximum atomic E-state index is 3.49. The quantitative estimate of drug-likeness (QED) is 0.554. The van der Waals surface area contributed by atoms with Crippen molar-refractivity contribution >= 4 is 73.5 Å². The molecule has 4 heteroatoms. The highest BCUT2D eigenvalue weighted by atomic mass is 127. The van der Waals surface area contributed by atoms with Gasteiger partial charge in [0.2, 0.25) is 0 Å². The average Bonchev–Trinajstić information content (AvgIpc) is 2.09. The number of hydrogen-bond donors (Lipinski definition) is 1. The molecule has 0 saturated heterocycles. The second-order valence-corrected chi connectivity index (χ2v) is 6.86. The Morgan fingerprint density at radius 1 is 1.14 bits per heavy atom. The Bertz CT molecular complexity index is 348. The first-order chi connectivity index (χ1) is 6.43. The monoisotopic (exact) mass is 527 g/mol. The standard InChI is InChI=1S/C10H12I3N/c1-5(2)14-10-8(12)4-7(11)6(3)9(10)13/h4-5,14H,1-3H3. The van der Waals surface area contributed by atoms with Crippen LogP contribution in [0.4, 0.5) is 5.69 Å². The van der Waals surface area contributed by atoms with Gasteiger partial charge in [-0.3, -0.25) is 0 Å². The topological polar surface area (TPSA) is 12.0 Å². The maximum Gasteiger partial charge on any atom is 0.0616 e. The van der Waals surface area contributed by atoms with E-state index < -0.39 is 0 Å². The normalized spacial score (nSPS) is 10.8. The van der Waals surface area contributed by atoms with E-state index in [0.717, 1.165) is 0 Å². The van der Waals surface area contributed by atoms with Gasteiger partial charge in [-0.25, -0.2) is 0 Å². The predicted molar refractivity (Wildman–Crippen MR) is 88.1 cm³/mol. The van der Waals surface area contributed by atoms with Crippen LogP contribution in [0.15, 0.2) is 6.07 Å². The number of hydrogen-bond acceptors (Lipinski definition) is 1. The molecule has 1 N–H and O–H groups in total. The van der Waals surface area contributed by atoms with E-state index >= 15 is 0 Å². The molecule has 1 nitrogen and oxygen atoms in total. The summed E-state index contributed by atoms with van der Waals surface area (Å²) in [5.74, 6) is 0. The molecule has 0 spiro atoms. The van der Waals surface area contributed by atoms with Gasteiger partial charge in [0.05, 0.1) is 5.69 Å². The molecule has 1 rings (SSSR count). The van der Waals surface area contributed by atoms with Gasteiger partial charge in [0, 0.05) is 16.8 Å². The molecule has 0 atom stereocenters. The van der Waals surface area contributed by atoms with Crippen LogP contribution in [0.3, 0.4) is 0 Å². The van der Waals surface area contributed by atoms with Gasteiger partial charge in [0.1, 0.15) is 0 Å². The minimum absolute atomic E-state index is 0.483. The summed E-state index contributed by atoms with van der Waals surface area (Å²) in [5, 5.41) is 3.49. The van der Waals surface area contributed by atoms with Gasteiger partial charge in [0.25, 0.3) is 0 Å². The molecule has 0 amide bonds. The Morgan fingerprint density at radius 2 is 1.71 bits per heavy atom. The molecule has 0 aromatic heterocycles. The van der Waals surface area contributed by atoms with Crippen molar-refractivity contribution in [2.45, 2.75) is 26.8 Å². The second-order valence-electron chi connectivity index (χ2n) is 3.45. The van der Waals surface area contributed by atoms with Crippen LogP contribution in [0.25, 0.3) is 0 Å². The summed E-state index contributed by atoms with van der Waals surface area (Å²) in [7, 11) is 0. The van der Waals surface area contributed by atoms with E-state index in [1.54, 1.807) is 0 Å². The Balaban J connectivity index is 3.22. The van der Waals surface area contributed by atoms with Crippen molar-refractivity contribution in [2.75, 3.05) is 5.32 Å². The number of benzene rings is 1. The molecule has 0 saturated carbocycles. The molecular formula is C10H12I3N. The fourth-order valence-electron chi connectivity index (χ4n) is 1.11. The van der Waals surface area contributed by atoms with Gasteiger partial charge in [0.15, 0.2) is 0 Å². The number of rotatable bonds is 2. The van der Waals surface area contributed by atoms with E-state index in [4.69, 9.17) is 0 Å². The van der Waals surface area contributed by atoms with Crippen molar-refractivity contribution in [3.05, 3.63) is 22.3 Å². The lowest BCUT2D eigenvalue weighted by molar-refractivity contribution is 0.896. The van der Waals surface area contributed by atoms with Crippen LogP contribution in [0.5, 0.6) is 0 Å². The lowest BCUT2D eigenvalue weighted by atomic mass is 10.2. The third kappa shape index (κ3) is 3.10. The minimum Gasteiger partial charge on any atom is -0.381 e. The summed E-state index contributed by atoms with van der Waals surface area (Å²) in [6, 6.07) is 2.71. The van der Waals surface area contributed by atoms with Crippen molar-refractivity contribution in [3.8, 4) is 0 Å². The van der Waals surface area contributed by atoms with Crippen LogP contribution < -0.4 is 5.32 Å². The Kier molecular flexibility index (Phi) is 5.23. The van der Waals surface area contributed by atoms with Crippen LogP contribution in [-0.2, 0) is 0 Å². The van der Waals surface area contributed by atoms with Crippen LogP contribution in [-0.4, -0.2) is 6.04 Å². The van der Waals surface area contributed by atoms with Crippen LogP contribution in [0.1, 0.15) is 19.4 Å². The van der Waals surface area contributed by atoms with Crippen LogP contribution in [0.2, 0.25) is 0 Å². The lowest BCUT2D eigenvalue weighted by Crippen LogP contribution is -2.13. The SMILES string of the molecule is Cc1c(I)cc(I)c(NC(C)C)c1I. The molecule has 0 bridgehead atoms. The summed E-state index contributed by atoms with van der Waals surface area (Å²) >= 11 is 7.20. The van der Waals surface area contributed by atoms with Crippen LogP contribution >= 0.6 is 67.8 Å². The summed E-state index contributed by atoms with van der Waals surface area (Å²) in [5.41, 5.74) is 2.65. The zero-order chi connectivity index (χ0) is 10.9. The zero-order valence-corrected chi connectivity index (χ0v) is 14.8. The first kappa shape index (κ1) is 13.3. The van der Waals surface area contributed by atoms with E-state index in [9.17, 15) is 0 Å². The molecule has 1 aromatic rings. The fourth-order valence-corrected chi connectivity index (χ4v) is 4.79. The van der Waals surface area contributed by atoms with Gasteiger partial charge in [-0.15, -0.1) is 0 Å². The molecule has 14 heavy (non-hydrogen) atoms. The highest BCUT2D eigenvalue weighted by Gasteiger charge is 2.11. The molecule has 0 heterocycles. The van der Waals surface area contributed by atoms with Gasteiger partial charge in [-0.2, -0.15) is 0 Å². The first-order valence-electron chi connectivity index (χ1n) is 4.34. The molecule has 0 aliphatic heterocycles. The smallest absolute Gasteiger partial charge is 0.0616 e. The van der Waals surface area contributed by atoms with Crippen LogP contribution in [0, 0.1) is 17.6 Å². The lowest BCUT2D eigenvalue weighted by Gasteiger charge is -2.16. The maximum absolute atomic E-state index is 3.49. The number of anilines is 1. The first-order valence-corrected chi connectivity index (χ1v) is 7.57. The number of nitrogens with one attached hydrogen (secondary N) is 1. The fraction of sp³-hybridized carbons (Fsp3) is 0.400. The minimum atomic E-state index is 0.483. The largest absolute Gasteiger partial charge is 0.381 e. The van der Waals surface area contributed by atoms with E-state index in [2.05, 4.69) is 99.9 Å². The Morgan fingerprint density at radius 3 is 2.21 bits per heavy atom. The van der Waals surface area contributed by atoms with Gasteiger partial charge in [-0.05, 0) is 100 Å².